The van der Waals surface area contributed by atoms with E-state index in [2.05, 4.69) is 5.32 Å². The third-order valence-electron chi connectivity index (χ3n) is 4.28. The molecule has 1 aliphatic heterocycles. The SMILES string of the molecule is O=CC(Cc1ccccc1)NC(=O)c1cccc2c1Oc1ccccc1O2. The fraction of sp³-hybridized carbons (Fsp3) is 0.0909. The van der Waals surface area contributed by atoms with Crippen LogP contribution in [-0.4, -0.2) is 18.2 Å². The molecule has 1 aliphatic rings. The molecule has 0 saturated carbocycles. The number of para-hydroxylation sites is 3. The van der Waals surface area contributed by atoms with Crippen LogP contribution in [-0.2, 0) is 11.2 Å². The van der Waals surface area contributed by atoms with Crippen molar-refractivity contribution in [2.24, 2.45) is 0 Å². The zero-order valence-corrected chi connectivity index (χ0v) is 14.4. The van der Waals surface area contributed by atoms with Gasteiger partial charge in [-0.05, 0) is 36.2 Å². The number of fused-ring (bicyclic) bond motifs is 2. The molecule has 1 heterocycles. The summed E-state index contributed by atoms with van der Waals surface area (Å²) in [4.78, 5) is 24.2. The smallest absolute Gasteiger partial charge is 0.255 e. The number of carbonyl (C=O) groups is 2. The Bertz CT molecular complexity index is 985. The van der Waals surface area contributed by atoms with Crippen LogP contribution in [0.15, 0.2) is 72.8 Å². The van der Waals surface area contributed by atoms with Gasteiger partial charge in [-0.15, -0.1) is 0 Å². The molecule has 3 aromatic carbocycles. The normalized spacial score (nSPS) is 12.6. The van der Waals surface area contributed by atoms with Gasteiger partial charge in [0.25, 0.3) is 5.91 Å². The fourth-order valence-corrected chi connectivity index (χ4v) is 2.97. The lowest BCUT2D eigenvalue weighted by molar-refractivity contribution is -0.109. The average molecular weight is 359 g/mol. The molecule has 3 aromatic rings. The molecule has 134 valence electrons. The summed E-state index contributed by atoms with van der Waals surface area (Å²) in [6.45, 7) is 0. The van der Waals surface area contributed by atoms with E-state index in [-0.39, 0.29) is 5.91 Å². The van der Waals surface area contributed by atoms with Crippen LogP contribution < -0.4 is 14.8 Å². The molecule has 0 bridgehead atoms. The van der Waals surface area contributed by atoms with Crippen LogP contribution in [0.2, 0.25) is 0 Å². The first-order valence-electron chi connectivity index (χ1n) is 8.62. The van der Waals surface area contributed by atoms with Gasteiger partial charge >= 0.3 is 0 Å². The van der Waals surface area contributed by atoms with E-state index in [9.17, 15) is 9.59 Å². The van der Waals surface area contributed by atoms with Crippen LogP contribution in [0.5, 0.6) is 23.0 Å². The van der Waals surface area contributed by atoms with E-state index in [1.165, 1.54) is 0 Å². The molecule has 1 N–H and O–H groups in total. The Morgan fingerprint density at radius 3 is 2.26 bits per heavy atom. The molecule has 27 heavy (non-hydrogen) atoms. The highest BCUT2D eigenvalue weighted by Crippen LogP contribution is 2.46. The molecular weight excluding hydrogens is 342 g/mol. The van der Waals surface area contributed by atoms with Crippen LogP contribution in [0.4, 0.5) is 0 Å². The predicted octanol–water partition coefficient (Wildman–Crippen LogP) is 4.12. The van der Waals surface area contributed by atoms with Crippen LogP contribution in [0.3, 0.4) is 0 Å². The predicted molar refractivity (Wildman–Crippen MR) is 100 cm³/mol. The number of ether oxygens (including phenoxy) is 2. The number of benzene rings is 3. The maximum absolute atomic E-state index is 12.8. The van der Waals surface area contributed by atoms with Crippen molar-refractivity contribution in [1.82, 2.24) is 5.32 Å². The molecule has 0 fully saturated rings. The molecule has 0 radical (unpaired) electrons. The van der Waals surface area contributed by atoms with Crippen molar-refractivity contribution in [2.75, 3.05) is 0 Å². The van der Waals surface area contributed by atoms with Gasteiger partial charge in [0.05, 0.1) is 11.6 Å². The van der Waals surface area contributed by atoms with E-state index < -0.39 is 6.04 Å². The second-order valence-corrected chi connectivity index (χ2v) is 6.19. The molecule has 1 amide bonds. The van der Waals surface area contributed by atoms with Crippen molar-refractivity contribution < 1.29 is 19.1 Å². The summed E-state index contributed by atoms with van der Waals surface area (Å²) in [5, 5.41) is 2.76. The lowest BCUT2D eigenvalue weighted by Gasteiger charge is -2.22. The van der Waals surface area contributed by atoms with Crippen molar-refractivity contribution in [1.29, 1.82) is 0 Å². The van der Waals surface area contributed by atoms with Crippen molar-refractivity contribution in [3.05, 3.63) is 83.9 Å². The third-order valence-corrected chi connectivity index (χ3v) is 4.28. The Morgan fingerprint density at radius 2 is 1.52 bits per heavy atom. The summed E-state index contributed by atoms with van der Waals surface area (Å²) in [6.07, 6.45) is 1.16. The molecule has 5 nitrogen and oxygen atoms in total. The first kappa shape index (κ1) is 16.8. The van der Waals surface area contributed by atoms with Gasteiger partial charge in [0, 0.05) is 0 Å². The molecular formula is C22H17NO4. The number of amides is 1. The Hall–Kier alpha value is -3.60. The largest absolute Gasteiger partial charge is 0.449 e. The quantitative estimate of drug-likeness (QED) is 0.544. The van der Waals surface area contributed by atoms with Crippen LogP contribution in [0.25, 0.3) is 0 Å². The Balaban J connectivity index is 1.55. The topological polar surface area (TPSA) is 64.6 Å². The summed E-state index contributed by atoms with van der Waals surface area (Å²) < 4.78 is 11.7. The molecule has 0 aliphatic carbocycles. The van der Waals surface area contributed by atoms with E-state index in [4.69, 9.17) is 9.47 Å². The van der Waals surface area contributed by atoms with Gasteiger partial charge in [0.1, 0.15) is 6.29 Å². The van der Waals surface area contributed by atoms with Crippen LogP contribution in [0, 0.1) is 0 Å². The minimum absolute atomic E-state index is 0.321. The number of hydrogen-bond acceptors (Lipinski definition) is 4. The summed E-state index contributed by atoms with van der Waals surface area (Å²) in [5.41, 5.74) is 1.29. The van der Waals surface area contributed by atoms with Crippen molar-refractivity contribution >= 4 is 12.2 Å². The molecule has 1 atom stereocenters. The fourth-order valence-electron chi connectivity index (χ4n) is 2.97. The van der Waals surface area contributed by atoms with Gasteiger partial charge in [-0.3, -0.25) is 4.79 Å². The minimum atomic E-state index is -0.632. The third kappa shape index (κ3) is 3.53. The van der Waals surface area contributed by atoms with E-state index >= 15 is 0 Å². The Labute approximate surface area is 156 Å². The number of nitrogens with one attached hydrogen (secondary N) is 1. The number of hydrogen-bond donors (Lipinski definition) is 1. The average Bonchev–Trinajstić information content (AvgIpc) is 2.72. The lowest BCUT2D eigenvalue weighted by Crippen LogP contribution is -2.37. The van der Waals surface area contributed by atoms with Gasteiger partial charge in [-0.1, -0.05) is 48.5 Å². The highest BCUT2D eigenvalue weighted by molar-refractivity contribution is 5.99. The van der Waals surface area contributed by atoms with Crippen LogP contribution >= 0.6 is 0 Å². The van der Waals surface area contributed by atoms with E-state index in [1.54, 1.807) is 30.3 Å². The van der Waals surface area contributed by atoms with Gasteiger partial charge < -0.3 is 19.6 Å². The summed E-state index contributed by atoms with van der Waals surface area (Å²) in [5.74, 6) is 1.56. The molecule has 1 unspecified atom stereocenters. The summed E-state index contributed by atoms with van der Waals surface area (Å²) in [6, 6.07) is 21.3. The molecule has 0 spiro atoms. The Morgan fingerprint density at radius 1 is 0.852 bits per heavy atom. The first-order chi connectivity index (χ1) is 13.2. The highest BCUT2D eigenvalue weighted by Gasteiger charge is 2.25. The van der Waals surface area contributed by atoms with Gasteiger partial charge in [-0.25, -0.2) is 0 Å². The molecule has 0 aromatic heterocycles. The van der Waals surface area contributed by atoms with E-state index in [1.807, 2.05) is 42.5 Å². The van der Waals surface area contributed by atoms with E-state index in [0.717, 1.165) is 11.8 Å². The lowest BCUT2D eigenvalue weighted by atomic mass is 10.1. The second-order valence-electron chi connectivity index (χ2n) is 6.19. The van der Waals surface area contributed by atoms with Crippen LogP contribution in [0.1, 0.15) is 15.9 Å². The standard InChI is InChI=1S/C22H17NO4/c24-14-16(13-15-7-2-1-3-8-15)23-22(25)17-9-6-12-20-21(17)27-19-11-5-4-10-18(19)26-20/h1-12,14,16H,13H2,(H,23,25). The monoisotopic (exact) mass is 359 g/mol. The maximum atomic E-state index is 12.8. The first-order valence-corrected chi connectivity index (χ1v) is 8.62. The van der Waals surface area contributed by atoms with Crippen molar-refractivity contribution in [3.63, 3.8) is 0 Å². The molecule has 5 heteroatoms. The van der Waals surface area contributed by atoms with Gasteiger partial charge in [0.2, 0.25) is 0 Å². The molecule has 4 rings (SSSR count). The minimum Gasteiger partial charge on any atom is -0.449 e. The van der Waals surface area contributed by atoms with Gasteiger partial charge in [-0.2, -0.15) is 0 Å². The van der Waals surface area contributed by atoms with Crippen molar-refractivity contribution in [3.8, 4) is 23.0 Å². The summed E-state index contributed by atoms with van der Waals surface area (Å²) >= 11 is 0. The van der Waals surface area contributed by atoms with Crippen molar-refractivity contribution in [2.45, 2.75) is 12.5 Å². The highest BCUT2D eigenvalue weighted by atomic mass is 16.6. The van der Waals surface area contributed by atoms with Gasteiger partial charge in [0.15, 0.2) is 23.0 Å². The zero-order chi connectivity index (χ0) is 18.6. The second kappa shape index (κ2) is 7.33. The summed E-state index contributed by atoms with van der Waals surface area (Å²) in [7, 11) is 0. The zero-order valence-electron chi connectivity index (χ0n) is 14.4. The molecule has 0 saturated heterocycles. The number of aldehydes is 1. The number of carbonyl (C=O) groups excluding carboxylic acids is 2. The maximum Gasteiger partial charge on any atom is 0.255 e. The number of rotatable bonds is 5. The van der Waals surface area contributed by atoms with E-state index in [0.29, 0.717) is 35.0 Å². The Kier molecular flexibility index (Phi) is 4.58.